The highest BCUT2D eigenvalue weighted by atomic mass is 32.2. The summed E-state index contributed by atoms with van der Waals surface area (Å²) in [5.41, 5.74) is 0.779. The van der Waals surface area contributed by atoms with E-state index in [2.05, 4.69) is 4.90 Å². The Morgan fingerprint density at radius 3 is 2.29 bits per heavy atom. The molecule has 2 saturated heterocycles. The number of likely N-dealkylation sites (tertiary alicyclic amines) is 1. The van der Waals surface area contributed by atoms with Gasteiger partial charge in [-0.2, -0.15) is 0 Å². The monoisotopic (exact) mass is 352 g/mol. The SMILES string of the molecule is CCN1OC2(CCN(Cc3ccc(S(C)(=O)=O)cc3)CC2)CC1=O. The van der Waals surface area contributed by atoms with Crippen molar-refractivity contribution in [2.24, 2.45) is 0 Å². The molecule has 2 aliphatic rings. The number of carbonyl (C=O) groups is 1. The Morgan fingerprint density at radius 2 is 1.79 bits per heavy atom. The number of hydrogen-bond acceptors (Lipinski definition) is 5. The third-order valence-corrected chi connectivity index (χ3v) is 6.00. The molecule has 7 heteroatoms. The molecule has 6 nitrogen and oxygen atoms in total. The zero-order valence-corrected chi connectivity index (χ0v) is 15.0. The Kier molecular flexibility index (Phi) is 4.68. The fraction of sp³-hybridized carbons (Fsp3) is 0.588. The molecule has 2 fully saturated rings. The smallest absolute Gasteiger partial charge is 0.249 e. The molecule has 24 heavy (non-hydrogen) atoms. The summed E-state index contributed by atoms with van der Waals surface area (Å²) < 4.78 is 23.0. The Morgan fingerprint density at radius 1 is 1.17 bits per heavy atom. The topological polar surface area (TPSA) is 66.9 Å². The number of hydroxylamine groups is 2. The van der Waals surface area contributed by atoms with Gasteiger partial charge in [-0.3, -0.25) is 14.5 Å². The van der Waals surface area contributed by atoms with Crippen molar-refractivity contribution >= 4 is 15.7 Å². The van der Waals surface area contributed by atoms with Gasteiger partial charge in [-0.15, -0.1) is 0 Å². The van der Waals surface area contributed by atoms with Gasteiger partial charge in [0.05, 0.1) is 11.3 Å². The van der Waals surface area contributed by atoms with E-state index in [4.69, 9.17) is 4.84 Å². The molecular weight excluding hydrogens is 328 g/mol. The molecule has 1 aromatic carbocycles. The highest BCUT2D eigenvalue weighted by Gasteiger charge is 2.46. The summed E-state index contributed by atoms with van der Waals surface area (Å²) in [4.78, 5) is 20.5. The molecule has 1 spiro atoms. The number of piperidine rings is 1. The van der Waals surface area contributed by atoms with Crippen LogP contribution in [0.15, 0.2) is 29.2 Å². The summed E-state index contributed by atoms with van der Waals surface area (Å²) in [6, 6.07) is 7.06. The van der Waals surface area contributed by atoms with Gasteiger partial charge in [0.25, 0.3) is 0 Å². The average Bonchev–Trinajstić information content (AvgIpc) is 2.85. The molecule has 0 aromatic heterocycles. The Balaban J connectivity index is 1.57. The largest absolute Gasteiger partial charge is 0.299 e. The molecule has 0 saturated carbocycles. The second-order valence-corrected chi connectivity index (χ2v) is 8.75. The number of rotatable bonds is 4. The van der Waals surface area contributed by atoms with Crippen molar-refractivity contribution in [2.75, 3.05) is 25.9 Å². The van der Waals surface area contributed by atoms with Crippen LogP contribution < -0.4 is 0 Å². The highest BCUT2D eigenvalue weighted by molar-refractivity contribution is 7.90. The van der Waals surface area contributed by atoms with Crippen molar-refractivity contribution in [3.63, 3.8) is 0 Å². The summed E-state index contributed by atoms with van der Waals surface area (Å²) in [5, 5.41) is 1.49. The molecule has 0 N–H and O–H groups in total. The fourth-order valence-electron chi connectivity index (χ4n) is 3.41. The average molecular weight is 352 g/mol. The number of sulfone groups is 1. The molecular formula is C17H24N2O4S. The maximum absolute atomic E-state index is 11.9. The van der Waals surface area contributed by atoms with Crippen molar-refractivity contribution in [3.8, 4) is 0 Å². The van der Waals surface area contributed by atoms with Crippen molar-refractivity contribution in [3.05, 3.63) is 29.8 Å². The lowest BCUT2D eigenvalue weighted by molar-refractivity contribution is -0.208. The van der Waals surface area contributed by atoms with E-state index in [0.717, 1.165) is 38.0 Å². The normalized spacial score (nSPS) is 21.6. The molecule has 0 unspecified atom stereocenters. The third-order valence-electron chi connectivity index (χ3n) is 4.87. The first-order valence-electron chi connectivity index (χ1n) is 8.32. The van der Waals surface area contributed by atoms with Crippen LogP contribution in [0.5, 0.6) is 0 Å². The van der Waals surface area contributed by atoms with Crippen LogP contribution >= 0.6 is 0 Å². The lowest BCUT2D eigenvalue weighted by Gasteiger charge is -2.37. The molecule has 132 valence electrons. The number of benzene rings is 1. The van der Waals surface area contributed by atoms with E-state index in [1.54, 1.807) is 12.1 Å². The zero-order valence-electron chi connectivity index (χ0n) is 14.2. The predicted molar refractivity (Wildman–Crippen MR) is 89.9 cm³/mol. The first-order chi connectivity index (χ1) is 11.3. The van der Waals surface area contributed by atoms with Crippen LogP contribution in [-0.2, 0) is 26.0 Å². The molecule has 0 radical (unpaired) electrons. The third kappa shape index (κ3) is 3.63. The van der Waals surface area contributed by atoms with Gasteiger partial charge >= 0.3 is 0 Å². The van der Waals surface area contributed by atoms with E-state index in [1.807, 2.05) is 19.1 Å². The van der Waals surface area contributed by atoms with Crippen LogP contribution in [0.4, 0.5) is 0 Å². The predicted octanol–water partition coefficient (Wildman–Crippen LogP) is 1.61. The van der Waals surface area contributed by atoms with E-state index in [1.165, 1.54) is 11.3 Å². The van der Waals surface area contributed by atoms with Gasteiger partial charge in [-0.1, -0.05) is 12.1 Å². The maximum atomic E-state index is 11.9. The molecule has 2 aliphatic heterocycles. The second kappa shape index (κ2) is 6.46. The molecule has 1 aromatic rings. The van der Waals surface area contributed by atoms with Crippen LogP contribution in [0.1, 0.15) is 31.7 Å². The Bertz CT molecular complexity index is 707. The van der Waals surface area contributed by atoms with Crippen LogP contribution in [0.3, 0.4) is 0 Å². The molecule has 3 rings (SSSR count). The first kappa shape index (κ1) is 17.4. The molecule has 2 heterocycles. The molecule has 1 amide bonds. The molecule has 0 aliphatic carbocycles. The highest BCUT2D eigenvalue weighted by Crippen LogP contribution is 2.36. The summed E-state index contributed by atoms with van der Waals surface area (Å²) in [6.45, 7) is 5.05. The minimum Gasteiger partial charge on any atom is -0.299 e. The Hall–Kier alpha value is -1.44. The van der Waals surface area contributed by atoms with Crippen LogP contribution in [0.2, 0.25) is 0 Å². The zero-order chi connectivity index (χ0) is 17.4. The molecule has 0 bridgehead atoms. The lowest BCUT2D eigenvalue weighted by Crippen LogP contribution is -2.44. The van der Waals surface area contributed by atoms with E-state index >= 15 is 0 Å². The van der Waals surface area contributed by atoms with E-state index in [-0.39, 0.29) is 11.5 Å². The van der Waals surface area contributed by atoms with Crippen molar-refractivity contribution in [1.29, 1.82) is 0 Å². The minimum atomic E-state index is -3.15. The minimum absolute atomic E-state index is 0.0855. The molecule has 0 atom stereocenters. The van der Waals surface area contributed by atoms with Crippen LogP contribution in [0.25, 0.3) is 0 Å². The van der Waals surface area contributed by atoms with Gasteiger partial charge in [0, 0.05) is 32.4 Å². The standard InChI is InChI=1S/C17H24N2O4S/c1-3-19-16(20)12-17(23-19)8-10-18(11-9-17)13-14-4-6-15(7-5-14)24(2,21)22/h4-7H,3,8-13H2,1-2H3. The lowest BCUT2D eigenvalue weighted by atomic mass is 9.88. The number of nitrogens with zero attached hydrogens (tertiary/aromatic N) is 2. The Labute approximate surface area is 143 Å². The maximum Gasteiger partial charge on any atom is 0.249 e. The number of carbonyl (C=O) groups excluding carboxylic acids is 1. The van der Waals surface area contributed by atoms with E-state index in [9.17, 15) is 13.2 Å². The van der Waals surface area contributed by atoms with Crippen molar-refractivity contribution in [2.45, 2.75) is 43.2 Å². The van der Waals surface area contributed by atoms with Crippen molar-refractivity contribution < 1.29 is 18.0 Å². The summed E-state index contributed by atoms with van der Waals surface area (Å²) >= 11 is 0. The van der Waals surface area contributed by atoms with Gasteiger partial charge in [0.15, 0.2) is 9.84 Å². The number of amides is 1. The van der Waals surface area contributed by atoms with E-state index in [0.29, 0.717) is 17.9 Å². The van der Waals surface area contributed by atoms with Gasteiger partial charge in [-0.05, 0) is 37.5 Å². The van der Waals surface area contributed by atoms with Gasteiger partial charge < -0.3 is 0 Å². The summed E-state index contributed by atoms with van der Waals surface area (Å²) in [7, 11) is -3.15. The first-order valence-corrected chi connectivity index (χ1v) is 10.2. The van der Waals surface area contributed by atoms with Crippen LogP contribution in [0, 0.1) is 0 Å². The quantitative estimate of drug-likeness (QED) is 0.824. The van der Waals surface area contributed by atoms with E-state index < -0.39 is 9.84 Å². The van der Waals surface area contributed by atoms with Gasteiger partial charge in [-0.25, -0.2) is 13.5 Å². The summed E-state index contributed by atoms with van der Waals surface area (Å²) in [5.74, 6) is 0.0855. The van der Waals surface area contributed by atoms with Gasteiger partial charge in [0.1, 0.15) is 5.60 Å². The van der Waals surface area contributed by atoms with Crippen LogP contribution in [-0.4, -0.2) is 55.8 Å². The summed E-state index contributed by atoms with van der Waals surface area (Å²) in [6.07, 6.45) is 3.39. The fourth-order valence-corrected chi connectivity index (χ4v) is 4.04. The van der Waals surface area contributed by atoms with Crippen molar-refractivity contribution in [1.82, 2.24) is 9.96 Å². The van der Waals surface area contributed by atoms with Gasteiger partial charge in [0.2, 0.25) is 5.91 Å². The number of hydrogen-bond donors (Lipinski definition) is 0. The second-order valence-electron chi connectivity index (χ2n) is 6.73.